The maximum atomic E-state index is 12.8. The molecule has 1 aliphatic heterocycles. The molecule has 1 heterocycles. The number of benzene rings is 2. The van der Waals surface area contributed by atoms with E-state index in [1.165, 1.54) is 6.42 Å². The van der Waals surface area contributed by atoms with Crippen molar-refractivity contribution in [2.24, 2.45) is 0 Å². The number of likely N-dealkylation sites (tertiary alicyclic amines) is 1. The smallest absolute Gasteiger partial charge is 0.255 e. The molecule has 1 fully saturated rings. The normalized spacial score (nSPS) is 13.6. The molecule has 0 aromatic heterocycles. The molecule has 1 aliphatic rings. The van der Waals surface area contributed by atoms with E-state index in [-0.39, 0.29) is 11.8 Å². The summed E-state index contributed by atoms with van der Waals surface area (Å²) in [6.45, 7) is 4.46. The Bertz CT molecular complexity index is 847. The topological polar surface area (TPSA) is 67.9 Å². The molecule has 2 aromatic carbocycles. The van der Waals surface area contributed by atoms with Gasteiger partial charge < -0.3 is 19.7 Å². The van der Waals surface area contributed by atoms with Crippen LogP contribution in [0.5, 0.6) is 11.5 Å². The van der Waals surface area contributed by atoms with E-state index in [1.54, 1.807) is 12.1 Å². The molecule has 0 aliphatic carbocycles. The van der Waals surface area contributed by atoms with E-state index < -0.39 is 0 Å². The maximum Gasteiger partial charge on any atom is 0.255 e. The van der Waals surface area contributed by atoms with Crippen LogP contribution in [0.2, 0.25) is 0 Å². The van der Waals surface area contributed by atoms with Crippen LogP contribution in [0.15, 0.2) is 48.5 Å². The second-order valence-electron chi connectivity index (χ2n) is 7.28. The molecule has 6 heteroatoms. The van der Waals surface area contributed by atoms with Crippen LogP contribution in [-0.4, -0.2) is 43.0 Å². The fourth-order valence-corrected chi connectivity index (χ4v) is 3.52. The SMILES string of the molecule is CCOc1ccccc1OCCCC(=O)Nc1ccccc1C(=O)N1CCCCC1. The zero-order valence-electron chi connectivity index (χ0n) is 17.6. The Morgan fingerprint density at radius 2 is 1.60 bits per heavy atom. The number of hydrogen-bond acceptors (Lipinski definition) is 4. The Kier molecular flexibility index (Phi) is 8.12. The summed E-state index contributed by atoms with van der Waals surface area (Å²) < 4.78 is 11.3. The Hall–Kier alpha value is -3.02. The van der Waals surface area contributed by atoms with Crippen LogP contribution in [0.4, 0.5) is 5.69 Å². The molecule has 160 valence electrons. The van der Waals surface area contributed by atoms with E-state index in [0.29, 0.717) is 48.8 Å². The molecular formula is C24H30N2O4. The molecule has 30 heavy (non-hydrogen) atoms. The third kappa shape index (κ3) is 5.99. The van der Waals surface area contributed by atoms with Crippen LogP contribution >= 0.6 is 0 Å². The van der Waals surface area contributed by atoms with Crippen LogP contribution in [0, 0.1) is 0 Å². The lowest BCUT2D eigenvalue weighted by molar-refractivity contribution is -0.116. The van der Waals surface area contributed by atoms with E-state index in [2.05, 4.69) is 5.32 Å². The van der Waals surface area contributed by atoms with Gasteiger partial charge in [-0.25, -0.2) is 0 Å². The summed E-state index contributed by atoms with van der Waals surface area (Å²) in [4.78, 5) is 27.1. The highest BCUT2D eigenvalue weighted by Gasteiger charge is 2.21. The van der Waals surface area contributed by atoms with Crippen LogP contribution in [-0.2, 0) is 4.79 Å². The molecule has 3 rings (SSSR count). The predicted molar refractivity (Wildman–Crippen MR) is 117 cm³/mol. The van der Waals surface area contributed by atoms with Gasteiger partial charge in [-0.2, -0.15) is 0 Å². The number of piperidine rings is 1. The Balaban J connectivity index is 1.50. The fourth-order valence-electron chi connectivity index (χ4n) is 3.52. The second kappa shape index (κ2) is 11.2. The van der Waals surface area contributed by atoms with Gasteiger partial charge in [-0.05, 0) is 56.9 Å². The predicted octanol–water partition coefficient (Wildman–Crippen LogP) is 4.51. The fraction of sp³-hybridized carbons (Fsp3) is 0.417. The summed E-state index contributed by atoms with van der Waals surface area (Å²) in [7, 11) is 0. The minimum absolute atomic E-state index is 0.0125. The number of carbonyl (C=O) groups excluding carboxylic acids is 2. The van der Waals surface area contributed by atoms with Crippen molar-refractivity contribution in [3.63, 3.8) is 0 Å². The summed E-state index contributed by atoms with van der Waals surface area (Å²) in [5.41, 5.74) is 1.12. The van der Waals surface area contributed by atoms with Gasteiger partial charge in [-0.15, -0.1) is 0 Å². The molecule has 6 nitrogen and oxygen atoms in total. The average molecular weight is 411 g/mol. The number of amides is 2. The molecule has 0 bridgehead atoms. The second-order valence-corrected chi connectivity index (χ2v) is 7.28. The highest BCUT2D eigenvalue weighted by molar-refractivity contribution is 6.03. The Labute approximate surface area is 178 Å². The highest BCUT2D eigenvalue weighted by atomic mass is 16.5. The van der Waals surface area contributed by atoms with E-state index in [9.17, 15) is 9.59 Å². The van der Waals surface area contributed by atoms with E-state index in [4.69, 9.17) is 9.47 Å². The first-order valence-electron chi connectivity index (χ1n) is 10.7. The zero-order chi connectivity index (χ0) is 21.2. The van der Waals surface area contributed by atoms with Crippen LogP contribution in [0.25, 0.3) is 0 Å². The Morgan fingerprint density at radius 3 is 2.33 bits per heavy atom. The van der Waals surface area contributed by atoms with E-state index in [1.807, 2.05) is 48.2 Å². The lowest BCUT2D eigenvalue weighted by Crippen LogP contribution is -2.36. The minimum Gasteiger partial charge on any atom is -0.490 e. The van der Waals surface area contributed by atoms with Crippen molar-refractivity contribution in [1.82, 2.24) is 4.90 Å². The first kappa shape index (κ1) is 21.7. The molecule has 0 radical (unpaired) electrons. The summed E-state index contributed by atoms with van der Waals surface area (Å²) in [5, 5.41) is 2.89. The molecule has 0 unspecified atom stereocenters. The summed E-state index contributed by atoms with van der Waals surface area (Å²) in [6.07, 6.45) is 4.11. The zero-order valence-corrected chi connectivity index (χ0v) is 17.6. The minimum atomic E-state index is -0.129. The quantitative estimate of drug-likeness (QED) is 0.618. The van der Waals surface area contributed by atoms with Gasteiger partial charge in [0.15, 0.2) is 11.5 Å². The van der Waals surface area contributed by atoms with Gasteiger partial charge >= 0.3 is 0 Å². The molecule has 2 amide bonds. The molecule has 1 saturated heterocycles. The molecular weight excluding hydrogens is 380 g/mol. The number of anilines is 1. The third-order valence-corrected chi connectivity index (χ3v) is 5.03. The molecule has 0 spiro atoms. The maximum absolute atomic E-state index is 12.8. The van der Waals surface area contributed by atoms with Crippen molar-refractivity contribution in [3.8, 4) is 11.5 Å². The van der Waals surface area contributed by atoms with Gasteiger partial charge in [-0.3, -0.25) is 9.59 Å². The van der Waals surface area contributed by atoms with Crippen molar-refractivity contribution in [1.29, 1.82) is 0 Å². The summed E-state index contributed by atoms with van der Waals surface area (Å²) in [5.74, 6) is 1.24. The molecule has 0 saturated carbocycles. The third-order valence-electron chi connectivity index (χ3n) is 5.03. The number of nitrogens with zero attached hydrogens (tertiary/aromatic N) is 1. The van der Waals surface area contributed by atoms with Crippen LogP contribution < -0.4 is 14.8 Å². The largest absolute Gasteiger partial charge is 0.490 e. The van der Waals surface area contributed by atoms with Gasteiger partial charge in [0.25, 0.3) is 5.91 Å². The number of para-hydroxylation sites is 3. The van der Waals surface area contributed by atoms with Gasteiger partial charge in [-0.1, -0.05) is 24.3 Å². The summed E-state index contributed by atoms with van der Waals surface area (Å²) >= 11 is 0. The molecule has 2 aromatic rings. The number of nitrogens with one attached hydrogen (secondary N) is 1. The lowest BCUT2D eigenvalue weighted by atomic mass is 10.1. The highest BCUT2D eigenvalue weighted by Crippen LogP contribution is 2.26. The van der Waals surface area contributed by atoms with Crippen molar-refractivity contribution in [2.45, 2.75) is 39.0 Å². The van der Waals surface area contributed by atoms with Gasteiger partial charge in [0, 0.05) is 19.5 Å². The summed E-state index contributed by atoms with van der Waals surface area (Å²) in [6, 6.07) is 14.7. The number of ether oxygens (including phenoxy) is 2. The van der Waals surface area contributed by atoms with Gasteiger partial charge in [0.1, 0.15) is 0 Å². The number of hydrogen-bond donors (Lipinski definition) is 1. The Morgan fingerprint density at radius 1 is 0.933 bits per heavy atom. The van der Waals surface area contributed by atoms with Crippen LogP contribution in [0.1, 0.15) is 49.4 Å². The van der Waals surface area contributed by atoms with Crippen molar-refractivity contribution < 1.29 is 19.1 Å². The van der Waals surface area contributed by atoms with E-state index >= 15 is 0 Å². The van der Waals surface area contributed by atoms with Crippen molar-refractivity contribution in [2.75, 3.05) is 31.6 Å². The van der Waals surface area contributed by atoms with Gasteiger partial charge in [0.2, 0.25) is 5.91 Å². The first-order chi connectivity index (χ1) is 14.7. The number of rotatable bonds is 9. The van der Waals surface area contributed by atoms with Crippen molar-refractivity contribution in [3.05, 3.63) is 54.1 Å². The van der Waals surface area contributed by atoms with Gasteiger partial charge in [0.05, 0.1) is 24.5 Å². The monoisotopic (exact) mass is 410 g/mol. The average Bonchev–Trinajstić information content (AvgIpc) is 2.78. The first-order valence-corrected chi connectivity index (χ1v) is 10.7. The number of carbonyl (C=O) groups is 2. The molecule has 0 atom stereocenters. The standard InChI is InChI=1S/C24H30N2O4/c1-2-29-21-13-6-7-14-22(21)30-18-10-15-23(27)25-20-12-5-4-11-19(20)24(28)26-16-8-3-9-17-26/h4-7,11-14H,2-3,8-10,15-18H2,1H3,(H,25,27). The van der Waals surface area contributed by atoms with Crippen LogP contribution in [0.3, 0.4) is 0 Å². The lowest BCUT2D eigenvalue weighted by Gasteiger charge is -2.27. The molecule has 1 N–H and O–H groups in total. The van der Waals surface area contributed by atoms with Crippen molar-refractivity contribution >= 4 is 17.5 Å². The van der Waals surface area contributed by atoms with E-state index in [0.717, 1.165) is 25.9 Å².